The van der Waals surface area contributed by atoms with Crippen molar-refractivity contribution in [3.63, 3.8) is 0 Å². The largest absolute Gasteiger partial charge is 0.497 e. The van der Waals surface area contributed by atoms with Crippen LogP contribution in [0.5, 0.6) is 5.75 Å². The lowest BCUT2D eigenvalue weighted by molar-refractivity contribution is -0.111. The number of hydrazine groups is 1. The Morgan fingerprint density at radius 3 is 2.95 bits per heavy atom. The molecule has 5 heterocycles. The molecule has 0 aliphatic carbocycles. The number of benzene rings is 1. The summed E-state index contributed by atoms with van der Waals surface area (Å²) in [6, 6.07) is 11.6. The summed E-state index contributed by atoms with van der Waals surface area (Å²) < 4.78 is 7.37. The van der Waals surface area contributed by atoms with Crippen LogP contribution in [0.15, 0.2) is 67.6 Å². The van der Waals surface area contributed by atoms with Gasteiger partial charge < -0.3 is 15.0 Å². The van der Waals surface area contributed by atoms with Gasteiger partial charge in [0, 0.05) is 43.5 Å². The number of carbonyl (C=O) groups excluding carboxylic acids is 1. The van der Waals surface area contributed by atoms with Crippen LogP contribution in [0.4, 0.5) is 17.3 Å². The Labute approximate surface area is 231 Å². The van der Waals surface area contributed by atoms with Crippen LogP contribution >= 0.6 is 11.6 Å². The van der Waals surface area contributed by atoms with Gasteiger partial charge in [-0.25, -0.2) is 24.5 Å². The lowest BCUT2D eigenvalue weighted by Gasteiger charge is -2.37. The molecule has 0 unspecified atom stereocenters. The molecule has 2 aliphatic rings. The smallest absolute Gasteiger partial charge is 0.247 e. The van der Waals surface area contributed by atoms with E-state index in [1.165, 1.54) is 6.08 Å². The molecular formula is C28H29ClN8O2. The summed E-state index contributed by atoms with van der Waals surface area (Å²) in [5, 5.41) is 12.1. The van der Waals surface area contributed by atoms with Crippen molar-refractivity contribution in [2.24, 2.45) is 5.92 Å². The Hall–Kier alpha value is -3.99. The van der Waals surface area contributed by atoms with Crippen LogP contribution in [0.1, 0.15) is 6.42 Å². The number of nitrogens with one attached hydrogen (secondary N) is 1. The second-order valence-corrected chi connectivity index (χ2v) is 10.3. The molecule has 0 saturated carbocycles. The first-order valence-electron chi connectivity index (χ1n) is 12.8. The number of aromatic nitrogens is 4. The fourth-order valence-electron chi connectivity index (χ4n) is 5.63. The van der Waals surface area contributed by atoms with Crippen molar-refractivity contribution in [2.45, 2.75) is 12.5 Å². The number of methoxy groups -OCH3 is 1. The first-order chi connectivity index (χ1) is 19.0. The van der Waals surface area contributed by atoms with E-state index in [-0.39, 0.29) is 11.9 Å². The average molecular weight is 545 g/mol. The maximum absolute atomic E-state index is 12.4. The van der Waals surface area contributed by atoms with Gasteiger partial charge in [0.25, 0.3) is 0 Å². The summed E-state index contributed by atoms with van der Waals surface area (Å²) >= 11 is 6.68. The molecule has 0 bridgehead atoms. The number of halogens is 1. The van der Waals surface area contributed by atoms with E-state index in [9.17, 15) is 4.79 Å². The fourth-order valence-corrected chi connectivity index (χ4v) is 5.82. The molecule has 0 radical (unpaired) electrons. The van der Waals surface area contributed by atoms with E-state index < -0.39 is 0 Å². The van der Waals surface area contributed by atoms with Gasteiger partial charge in [-0.1, -0.05) is 24.2 Å². The van der Waals surface area contributed by atoms with E-state index in [0.717, 1.165) is 37.1 Å². The first kappa shape index (κ1) is 25.3. The van der Waals surface area contributed by atoms with Gasteiger partial charge in [0.05, 0.1) is 47.1 Å². The van der Waals surface area contributed by atoms with Crippen molar-refractivity contribution in [1.82, 2.24) is 29.5 Å². The van der Waals surface area contributed by atoms with Crippen LogP contribution in [0.3, 0.4) is 0 Å². The molecule has 3 aromatic heterocycles. The number of hydrogen-bond acceptors (Lipinski definition) is 8. The fraction of sp³-hybridized carbons (Fsp3) is 0.286. The highest BCUT2D eigenvalue weighted by Gasteiger charge is 2.44. The van der Waals surface area contributed by atoms with Crippen LogP contribution < -0.4 is 15.1 Å². The molecule has 2 aliphatic heterocycles. The van der Waals surface area contributed by atoms with Gasteiger partial charge in [0.15, 0.2) is 0 Å². The number of nitrogens with zero attached hydrogens (tertiary/aromatic N) is 7. The van der Waals surface area contributed by atoms with Crippen LogP contribution in [-0.2, 0) is 4.79 Å². The molecule has 2 saturated heterocycles. The number of likely N-dealkylation sites (N-methyl/N-ethyl adjacent to an activating group) is 1. The standard InChI is InChI=1S/C28H29ClN8O2/c1-4-26(38)32-22-9-8-19(39-3)13-24(22)37(36-12-10-18-16-34(2)17-25(18)36)28-30-15-21(29)27(33-28)20-14-31-35-11-6-5-7-23(20)35/h4-9,11,13-15,18,25H,1,10,12,16-17H2,2-3H3,(H,32,38)/t18-,25+/m1/s1. The van der Waals surface area contributed by atoms with E-state index in [4.69, 9.17) is 26.3 Å². The average Bonchev–Trinajstić information content (AvgIpc) is 3.65. The summed E-state index contributed by atoms with van der Waals surface area (Å²) in [5.74, 6) is 1.27. The molecule has 4 aromatic rings. The molecule has 6 rings (SSSR count). The van der Waals surface area contributed by atoms with Gasteiger partial charge in [0.2, 0.25) is 11.9 Å². The van der Waals surface area contributed by atoms with Crippen molar-refractivity contribution >= 4 is 40.3 Å². The number of pyridine rings is 1. The van der Waals surface area contributed by atoms with E-state index in [1.807, 2.05) is 47.6 Å². The molecule has 1 N–H and O–H groups in total. The molecule has 0 spiro atoms. The van der Waals surface area contributed by atoms with Crippen molar-refractivity contribution < 1.29 is 9.53 Å². The lowest BCUT2D eigenvalue weighted by atomic mass is 10.1. The summed E-state index contributed by atoms with van der Waals surface area (Å²) in [4.78, 5) is 24.5. The molecule has 10 nitrogen and oxygen atoms in total. The van der Waals surface area contributed by atoms with Crippen molar-refractivity contribution in [3.8, 4) is 17.0 Å². The molecular weight excluding hydrogens is 516 g/mol. The number of fused-ring (bicyclic) bond motifs is 2. The molecule has 1 aromatic carbocycles. The van der Waals surface area contributed by atoms with Gasteiger partial charge in [0.1, 0.15) is 5.75 Å². The van der Waals surface area contributed by atoms with Crippen LogP contribution in [0, 0.1) is 5.92 Å². The third-order valence-corrected chi connectivity index (χ3v) is 7.71. The minimum Gasteiger partial charge on any atom is -0.497 e. The highest BCUT2D eigenvalue weighted by Crippen LogP contribution is 2.42. The monoisotopic (exact) mass is 544 g/mol. The van der Waals surface area contributed by atoms with Crippen LogP contribution in [0.2, 0.25) is 5.02 Å². The SMILES string of the molecule is C=CC(=O)Nc1ccc(OC)cc1N(c1ncc(Cl)c(-c2cnn3ccccc23)n1)N1CC[C@@H]2CN(C)C[C@@H]21. The summed E-state index contributed by atoms with van der Waals surface area (Å²) in [5.41, 5.74) is 3.54. The minimum atomic E-state index is -0.315. The number of ether oxygens (including phenoxy) is 1. The van der Waals surface area contributed by atoms with Crippen molar-refractivity contribution in [1.29, 1.82) is 0 Å². The third-order valence-electron chi connectivity index (χ3n) is 7.44. The number of rotatable bonds is 7. The first-order valence-corrected chi connectivity index (χ1v) is 13.2. The van der Waals surface area contributed by atoms with E-state index in [1.54, 1.807) is 24.0 Å². The Kier molecular flexibility index (Phi) is 6.68. The second kappa shape index (κ2) is 10.3. The summed E-state index contributed by atoms with van der Waals surface area (Å²) in [7, 11) is 3.76. The number of amides is 1. The number of anilines is 3. The molecule has 39 heavy (non-hydrogen) atoms. The Bertz CT molecular complexity index is 1560. The third kappa shape index (κ3) is 4.60. The zero-order valence-corrected chi connectivity index (χ0v) is 22.5. The molecule has 200 valence electrons. The van der Waals surface area contributed by atoms with E-state index in [0.29, 0.717) is 39.7 Å². The van der Waals surface area contributed by atoms with E-state index in [2.05, 4.69) is 34.0 Å². The topological polar surface area (TPSA) is 91.1 Å². The Morgan fingerprint density at radius 2 is 2.13 bits per heavy atom. The Morgan fingerprint density at radius 1 is 1.26 bits per heavy atom. The molecule has 1 amide bonds. The minimum absolute atomic E-state index is 0.254. The van der Waals surface area contributed by atoms with Crippen LogP contribution in [0.25, 0.3) is 16.8 Å². The van der Waals surface area contributed by atoms with Crippen molar-refractivity contribution in [2.75, 3.05) is 44.1 Å². The van der Waals surface area contributed by atoms with Gasteiger partial charge in [-0.15, -0.1) is 0 Å². The second-order valence-electron chi connectivity index (χ2n) is 9.84. The quantitative estimate of drug-likeness (QED) is 0.345. The number of likely N-dealkylation sites (tertiary alicyclic amines) is 1. The maximum atomic E-state index is 12.4. The predicted molar refractivity (Wildman–Crippen MR) is 151 cm³/mol. The summed E-state index contributed by atoms with van der Waals surface area (Å²) in [6.45, 7) is 6.37. The van der Waals surface area contributed by atoms with E-state index >= 15 is 0 Å². The highest BCUT2D eigenvalue weighted by atomic mass is 35.5. The normalized spacial score (nSPS) is 19.3. The Balaban J connectivity index is 1.53. The number of hydrogen-bond donors (Lipinski definition) is 1. The van der Waals surface area contributed by atoms with Gasteiger partial charge in [-0.05, 0) is 49.7 Å². The number of carbonyl (C=O) groups is 1. The maximum Gasteiger partial charge on any atom is 0.247 e. The zero-order chi connectivity index (χ0) is 27.1. The van der Waals surface area contributed by atoms with Crippen LogP contribution in [-0.4, -0.2) is 75.2 Å². The van der Waals surface area contributed by atoms with Gasteiger partial charge in [-0.2, -0.15) is 5.10 Å². The summed E-state index contributed by atoms with van der Waals surface area (Å²) in [6.07, 6.45) is 7.55. The van der Waals surface area contributed by atoms with Gasteiger partial charge in [-0.3, -0.25) is 4.79 Å². The predicted octanol–water partition coefficient (Wildman–Crippen LogP) is 4.27. The molecule has 11 heteroatoms. The highest BCUT2D eigenvalue weighted by molar-refractivity contribution is 6.33. The molecule has 2 fully saturated rings. The lowest BCUT2D eigenvalue weighted by Crippen LogP contribution is -2.46. The van der Waals surface area contributed by atoms with Crippen molar-refractivity contribution in [3.05, 3.63) is 72.7 Å². The zero-order valence-electron chi connectivity index (χ0n) is 21.8. The van der Waals surface area contributed by atoms with Gasteiger partial charge >= 0.3 is 0 Å². The molecule has 2 atom stereocenters.